The van der Waals surface area contributed by atoms with Gasteiger partial charge in [0.1, 0.15) is 17.6 Å². The summed E-state index contributed by atoms with van der Waals surface area (Å²) in [6.45, 7) is 1.94. The van der Waals surface area contributed by atoms with Crippen molar-refractivity contribution in [2.24, 2.45) is 0 Å². The van der Waals surface area contributed by atoms with Crippen LogP contribution >= 0.6 is 11.9 Å². The summed E-state index contributed by atoms with van der Waals surface area (Å²) >= 11 is 5.13. The maximum atomic E-state index is 5.13. The first kappa shape index (κ1) is 10.1. The van der Waals surface area contributed by atoms with Crippen LogP contribution in [0.25, 0.3) is 0 Å². The Kier molecular flexibility index (Phi) is 4.86. The first-order valence-corrected chi connectivity index (χ1v) is 2.99. The molecule has 1 aromatic carbocycles. The molecule has 0 bridgehead atoms. The van der Waals surface area contributed by atoms with E-state index in [0.29, 0.717) is 0 Å². The quantitative estimate of drug-likeness (QED) is 0.580. The second-order valence-electron chi connectivity index (χ2n) is 1.84. The van der Waals surface area contributed by atoms with Crippen molar-refractivity contribution in [2.45, 2.75) is 6.92 Å². The summed E-state index contributed by atoms with van der Waals surface area (Å²) in [6.07, 6.45) is 0. The molecule has 0 atom stereocenters. The van der Waals surface area contributed by atoms with Crippen LogP contribution in [0.2, 0.25) is 0 Å². The van der Waals surface area contributed by atoms with E-state index in [-0.39, 0.29) is 23.1 Å². The molecule has 0 unspecified atom stereocenters. The number of rotatable bonds is 1. The molecule has 0 aliphatic rings. The van der Waals surface area contributed by atoms with Crippen LogP contribution in [0.15, 0.2) is 24.3 Å². The minimum absolute atomic E-state index is 0. The summed E-state index contributed by atoms with van der Waals surface area (Å²) in [5.41, 5.74) is 1.05. The summed E-state index contributed by atoms with van der Waals surface area (Å²) in [6, 6.07) is 7.58. The first-order chi connectivity index (χ1) is 4.34. The van der Waals surface area contributed by atoms with Crippen molar-refractivity contribution < 1.29 is 4.29 Å². The van der Waals surface area contributed by atoms with E-state index in [0.717, 1.165) is 11.3 Å². The number of benzene rings is 1. The van der Waals surface area contributed by atoms with Crippen molar-refractivity contribution in [3.8, 4) is 5.75 Å². The molecule has 0 N–H and O–H groups in total. The fourth-order valence-corrected chi connectivity index (χ4v) is 0.816. The molecule has 0 radical (unpaired) electrons. The van der Waals surface area contributed by atoms with Gasteiger partial charge in [0.2, 0.25) is 0 Å². The second kappa shape index (κ2) is 4.83. The number of halogens is 1. The Morgan fingerprint density at radius 1 is 1.30 bits per heavy atom. The van der Waals surface area contributed by atoms with Gasteiger partial charge in [-0.1, -0.05) is 18.2 Å². The van der Waals surface area contributed by atoms with E-state index in [1.54, 1.807) is 0 Å². The Balaban J connectivity index is 0.000000810. The van der Waals surface area contributed by atoms with Gasteiger partial charge in [-0.25, -0.2) is 0 Å². The highest BCUT2D eigenvalue weighted by molar-refractivity contribution is 6.09. The number of hydrogen-bond donors (Lipinski definition) is 0. The van der Waals surface area contributed by atoms with Gasteiger partial charge in [0.15, 0.2) is 0 Å². The van der Waals surface area contributed by atoms with Crippen LogP contribution in [0.1, 0.15) is 5.56 Å². The predicted molar refractivity (Wildman–Crippen MR) is 46.2 cm³/mol. The lowest BCUT2D eigenvalue weighted by Gasteiger charge is -1.97. The molecule has 0 aliphatic heterocycles. The molecule has 0 saturated heterocycles. The van der Waals surface area contributed by atoms with Crippen LogP contribution in [-0.2, 0) is 0 Å². The monoisotopic (exact) mass is 168 g/mol. The SMILES string of the molecule is Cc1ccccc1OCl.[MgH2]. The van der Waals surface area contributed by atoms with Gasteiger partial charge in [-0.05, 0) is 18.6 Å². The molecule has 0 aliphatic carbocycles. The zero-order chi connectivity index (χ0) is 6.69. The highest BCUT2D eigenvalue weighted by atomic mass is 35.5. The van der Waals surface area contributed by atoms with Gasteiger partial charge in [-0.2, -0.15) is 0 Å². The maximum absolute atomic E-state index is 5.13. The number of aryl methyl sites for hydroxylation is 1. The van der Waals surface area contributed by atoms with Crippen LogP contribution in [-0.4, -0.2) is 23.1 Å². The molecule has 1 aromatic rings. The zero-order valence-electron chi connectivity index (χ0n) is 5.10. The smallest absolute Gasteiger partial charge is 0.316 e. The lowest BCUT2D eigenvalue weighted by Crippen LogP contribution is -1.77. The fourth-order valence-electron chi connectivity index (χ4n) is 0.643. The molecule has 1 rings (SSSR count). The topological polar surface area (TPSA) is 9.23 Å². The van der Waals surface area contributed by atoms with Crippen molar-refractivity contribution in [1.82, 2.24) is 0 Å². The second-order valence-corrected chi connectivity index (χ2v) is 2.00. The van der Waals surface area contributed by atoms with Crippen molar-refractivity contribution in [2.75, 3.05) is 0 Å². The molecular weight excluding hydrogens is 160 g/mol. The van der Waals surface area contributed by atoms with Crippen LogP contribution in [0, 0.1) is 6.92 Å². The average Bonchev–Trinajstić information content (AvgIpc) is 1.89. The van der Waals surface area contributed by atoms with Gasteiger partial charge in [0.05, 0.1) is 0 Å². The van der Waals surface area contributed by atoms with Crippen LogP contribution in [0.4, 0.5) is 0 Å². The van der Waals surface area contributed by atoms with E-state index in [4.69, 9.17) is 11.9 Å². The van der Waals surface area contributed by atoms with Crippen molar-refractivity contribution in [1.29, 1.82) is 0 Å². The van der Waals surface area contributed by atoms with Gasteiger partial charge in [-0.15, -0.1) is 0 Å². The normalized spacial score (nSPS) is 8.20. The minimum Gasteiger partial charge on any atom is -0.385 e. The van der Waals surface area contributed by atoms with E-state index in [1.807, 2.05) is 31.2 Å². The zero-order valence-corrected chi connectivity index (χ0v) is 5.85. The van der Waals surface area contributed by atoms with Crippen LogP contribution < -0.4 is 4.29 Å². The van der Waals surface area contributed by atoms with E-state index >= 15 is 0 Å². The Bertz CT molecular complexity index is 203. The molecule has 0 spiro atoms. The van der Waals surface area contributed by atoms with Gasteiger partial charge in [0.25, 0.3) is 0 Å². The fraction of sp³-hybridized carbons (Fsp3) is 0.143. The largest absolute Gasteiger partial charge is 0.385 e. The van der Waals surface area contributed by atoms with Crippen LogP contribution in [0.5, 0.6) is 5.75 Å². The Hall–Kier alpha value is 0.0762. The third kappa shape index (κ3) is 2.37. The Morgan fingerprint density at radius 2 is 1.90 bits per heavy atom. The predicted octanol–water partition coefficient (Wildman–Crippen LogP) is 1.61. The van der Waals surface area contributed by atoms with Gasteiger partial charge < -0.3 is 4.29 Å². The van der Waals surface area contributed by atoms with Crippen molar-refractivity contribution >= 4 is 34.9 Å². The summed E-state index contributed by atoms with van der Waals surface area (Å²) in [4.78, 5) is 0. The summed E-state index contributed by atoms with van der Waals surface area (Å²) < 4.78 is 4.52. The highest BCUT2D eigenvalue weighted by Gasteiger charge is 1.92. The lowest BCUT2D eigenvalue weighted by molar-refractivity contribution is 0.613. The molecule has 0 heterocycles. The molecule has 0 fully saturated rings. The Morgan fingerprint density at radius 3 is 2.30 bits per heavy atom. The third-order valence-corrected chi connectivity index (χ3v) is 1.34. The molecule has 0 amide bonds. The molecule has 0 saturated carbocycles. The van der Waals surface area contributed by atoms with Gasteiger partial charge in [0, 0.05) is 0 Å². The molecule has 0 aromatic heterocycles. The number of hydrogen-bond acceptors (Lipinski definition) is 1. The highest BCUT2D eigenvalue weighted by Crippen LogP contribution is 2.16. The van der Waals surface area contributed by atoms with Crippen molar-refractivity contribution in [3.63, 3.8) is 0 Å². The summed E-state index contributed by atoms with van der Waals surface area (Å²) in [5.74, 6) is 0.721. The Labute approximate surface area is 81.7 Å². The standard InChI is InChI=1S/C7H7ClO.Mg.2H/c1-6-4-2-3-5-7(6)9-8;;;/h2-5H,1H3;;;. The molecular formula is C7H9ClMgO. The van der Waals surface area contributed by atoms with Crippen molar-refractivity contribution in [3.05, 3.63) is 29.8 Å². The maximum Gasteiger partial charge on any atom is 0.316 e. The molecule has 3 heteroatoms. The average molecular weight is 169 g/mol. The van der Waals surface area contributed by atoms with E-state index in [1.165, 1.54) is 0 Å². The van der Waals surface area contributed by atoms with E-state index in [2.05, 4.69) is 4.29 Å². The first-order valence-electron chi connectivity index (χ1n) is 2.69. The third-order valence-electron chi connectivity index (χ3n) is 1.18. The summed E-state index contributed by atoms with van der Waals surface area (Å²) in [7, 11) is 0. The van der Waals surface area contributed by atoms with Gasteiger partial charge in [-0.3, -0.25) is 0 Å². The minimum atomic E-state index is 0. The number of para-hydroxylation sites is 1. The van der Waals surface area contributed by atoms with E-state index < -0.39 is 0 Å². The van der Waals surface area contributed by atoms with Gasteiger partial charge >= 0.3 is 23.1 Å². The molecule has 52 valence electrons. The molecule has 1 nitrogen and oxygen atoms in total. The molecule has 10 heavy (non-hydrogen) atoms. The van der Waals surface area contributed by atoms with Crippen LogP contribution in [0.3, 0.4) is 0 Å². The lowest BCUT2D eigenvalue weighted by atomic mass is 10.2. The van der Waals surface area contributed by atoms with E-state index in [9.17, 15) is 0 Å². The summed E-state index contributed by atoms with van der Waals surface area (Å²) in [5, 5.41) is 0.